The van der Waals surface area contributed by atoms with E-state index in [1.165, 1.54) is 21.8 Å². The Kier molecular flexibility index (Phi) is 19.2. The number of para-hydroxylation sites is 2. The Hall–Kier alpha value is -6.21. The number of nitrogen functional groups attached to an aromatic ring is 2. The molecule has 27 heteroatoms. The third-order valence-corrected chi connectivity index (χ3v) is 14.4. The summed E-state index contributed by atoms with van der Waals surface area (Å²) >= 11 is 13.9. The number of aromatic nitrogens is 8. The molecule has 4 saturated heterocycles. The van der Waals surface area contributed by atoms with E-state index in [-0.39, 0.29) is 29.5 Å². The number of hydrogen-bond donors (Lipinski definition) is 8. The van der Waals surface area contributed by atoms with Crippen LogP contribution in [0.15, 0.2) is 61.2 Å². The number of rotatable bonds is 8. The minimum absolute atomic E-state index is 0.120. The molecule has 8 heterocycles. The lowest BCUT2D eigenvalue weighted by Gasteiger charge is -2.30. The first-order valence-corrected chi connectivity index (χ1v) is 26.2. The third-order valence-electron chi connectivity index (χ3n) is 13.3. The van der Waals surface area contributed by atoms with Crippen LogP contribution in [0.4, 0.5) is 21.2 Å². The van der Waals surface area contributed by atoms with Gasteiger partial charge in [0.1, 0.15) is 47.7 Å². The van der Waals surface area contributed by atoms with Crippen molar-refractivity contribution in [3.05, 3.63) is 80.9 Å². The summed E-state index contributed by atoms with van der Waals surface area (Å²) in [6, 6.07) is 13.8. The maximum atomic E-state index is 12.5. The standard InChI is InChI=1S/C25H27ClN6O6.C15H16ClNO2.C10H12IN5O4/c26-15-5-1-2-6-16(15)38-25(36)31-10-8-14(9-11-31)4-3-7-18-29-22(27)19-23(30-18)32(13-28-19)24-21(35)20(34)17(12-33)37-24;1-2-5-12-8-10-17(11-9-12)15(18)19-14-7-4-3-6-13(14)16;11-10-14-7(12)4-8(15-10)16(2-13-4)9-6(19)5(18)3(1-17)20-9/h1-2,5-6,13-14,17,20-21,24,33-35H,4,8-12H2,(H2,27,29,30);1,3-4,6-7,12H,5,8-11H2;2-3,5-6,9,17-19H,1H2,(H2,12,14,15)/t17-,20+,21?,24-;;3-,5+,6?,9-/m1.1/s1. The predicted octanol–water partition coefficient (Wildman–Crippen LogP) is 3.52. The van der Waals surface area contributed by atoms with Crippen molar-refractivity contribution in [1.29, 1.82) is 0 Å². The molecule has 77 heavy (non-hydrogen) atoms. The van der Waals surface area contributed by atoms with Gasteiger partial charge in [0, 0.05) is 61.6 Å². The van der Waals surface area contributed by atoms with Crippen molar-refractivity contribution in [1.82, 2.24) is 48.8 Å². The number of imidazole rings is 2. The Morgan fingerprint density at radius 2 is 1.12 bits per heavy atom. The van der Waals surface area contributed by atoms with Crippen molar-refractivity contribution in [3.8, 4) is 35.7 Å². The van der Waals surface area contributed by atoms with Crippen LogP contribution in [0.25, 0.3) is 22.3 Å². The van der Waals surface area contributed by atoms with Gasteiger partial charge in [0.05, 0.1) is 35.9 Å². The molecular formula is C50H55Cl2IN12O12. The molecule has 4 aromatic heterocycles. The Morgan fingerprint density at radius 3 is 1.56 bits per heavy atom. The van der Waals surface area contributed by atoms with Crippen LogP contribution < -0.4 is 20.9 Å². The summed E-state index contributed by atoms with van der Waals surface area (Å²) in [5, 5.41) is 59.6. The smallest absolute Gasteiger partial charge is 0.409 e. The van der Waals surface area contributed by atoms with Crippen LogP contribution >= 0.6 is 45.8 Å². The highest BCUT2D eigenvalue weighted by atomic mass is 127. The molecule has 6 aromatic rings. The van der Waals surface area contributed by atoms with Gasteiger partial charge in [0.2, 0.25) is 5.82 Å². The van der Waals surface area contributed by atoms with E-state index in [0.29, 0.717) is 86.2 Å². The molecule has 4 fully saturated rings. The van der Waals surface area contributed by atoms with Gasteiger partial charge in [-0.25, -0.2) is 39.5 Å². The number of benzene rings is 2. The van der Waals surface area contributed by atoms with Gasteiger partial charge >= 0.3 is 12.2 Å². The number of anilines is 2. The summed E-state index contributed by atoms with van der Waals surface area (Å²) in [4.78, 5) is 53.0. The summed E-state index contributed by atoms with van der Waals surface area (Å²) in [5.74, 6) is 10.8. The minimum Gasteiger partial charge on any atom is -0.409 e. The van der Waals surface area contributed by atoms with Crippen molar-refractivity contribution >= 4 is 91.9 Å². The Labute approximate surface area is 464 Å². The molecule has 0 saturated carbocycles. The topological polar surface area (TPSA) is 338 Å². The molecule has 24 nitrogen and oxygen atoms in total. The zero-order valence-corrected chi connectivity index (χ0v) is 44.7. The second kappa shape index (κ2) is 26.0. The second-order valence-electron chi connectivity index (χ2n) is 18.3. The monoisotopic (exact) mass is 1210 g/mol. The predicted molar refractivity (Wildman–Crippen MR) is 287 cm³/mol. The summed E-state index contributed by atoms with van der Waals surface area (Å²) in [6.45, 7) is 1.64. The lowest BCUT2D eigenvalue weighted by Crippen LogP contribution is -2.40. The van der Waals surface area contributed by atoms with E-state index in [2.05, 4.69) is 47.7 Å². The van der Waals surface area contributed by atoms with Crippen LogP contribution in [0.3, 0.4) is 0 Å². The van der Waals surface area contributed by atoms with E-state index in [1.54, 1.807) is 58.3 Å². The van der Waals surface area contributed by atoms with Crippen LogP contribution in [0.5, 0.6) is 11.5 Å². The maximum absolute atomic E-state index is 12.5. The molecule has 0 spiro atoms. The first-order valence-electron chi connectivity index (χ1n) is 24.3. The molecule has 408 valence electrons. The van der Waals surface area contributed by atoms with Gasteiger partial charge in [-0.05, 0) is 67.7 Å². The number of likely N-dealkylation sites (tertiary alicyclic amines) is 2. The number of aliphatic hydroxyl groups excluding tert-OH is 6. The number of aliphatic hydroxyl groups is 6. The number of ether oxygens (including phenoxy) is 4. The van der Waals surface area contributed by atoms with Crippen molar-refractivity contribution in [2.24, 2.45) is 11.8 Å². The quantitative estimate of drug-likeness (QED) is 0.0614. The summed E-state index contributed by atoms with van der Waals surface area (Å²) < 4.78 is 25.1. The van der Waals surface area contributed by atoms with Gasteiger partial charge in [0.15, 0.2) is 50.7 Å². The van der Waals surface area contributed by atoms with Gasteiger partial charge in [-0.2, -0.15) is 0 Å². The first-order chi connectivity index (χ1) is 37.1. The van der Waals surface area contributed by atoms with Crippen LogP contribution in [0, 0.1) is 39.9 Å². The van der Waals surface area contributed by atoms with E-state index < -0.39 is 68.4 Å². The molecule has 2 unspecified atom stereocenters. The van der Waals surface area contributed by atoms with E-state index in [4.69, 9.17) is 65.1 Å². The number of hydrogen-bond acceptors (Lipinski definition) is 20. The molecule has 2 amide bonds. The SMILES string of the molecule is C#CCC1CCN(C(=O)Oc2ccccc2Cl)CC1.Nc1nc(C#CCC2CCN(C(=O)Oc3ccccc3Cl)CC2)nc2c1ncn2[C@@H]1O[C@H](CO)[C@H](O)C1O.Nc1nc(I)nc2c1ncn2[C@@H]1O[C@H](CO)[C@H](O)C1O. The molecule has 0 radical (unpaired) electrons. The Balaban J connectivity index is 0.000000169. The summed E-state index contributed by atoms with van der Waals surface area (Å²) in [5.41, 5.74) is 13.2. The third kappa shape index (κ3) is 13.4. The maximum Gasteiger partial charge on any atom is 0.415 e. The van der Waals surface area contributed by atoms with Gasteiger partial charge in [-0.15, -0.1) is 12.3 Å². The Bertz CT molecular complexity index is 3140. The fraction of sp³-hybridized carbons (Fsp3) is 0.440. The average Bonchev–Trinajstić information content (AvgIpc) is 4.22. The molecule has 8 atom stereocenters. The molecule has 4 aliphatic rings. The normalized spacial score (nSPS) is 23.5. The highest BCUT2D eigenvalue weighted by molar-refractivity contribution is 14.1. The van der Waals surface area contributed by atoms with Crippen molar-refractivity contribution in [3.63, 3.8) is 0 Å². The first kappa shape index (κ1) is 57.0. The van der Waals surface area contributed by atoms with Crippen LogP contribution in [0.2, 0.25) is 10.0 Å². The zero-order valence-electron chi connectivity index (χ0n) is 41.0. The highest BCUT2D eigenvalue weighted by Crippen LogP contribution is 2.34. The van der Waals surface area contributed by atoms with Gasteiger partial charge < -0.3 is 70.9 Å². The number of nitrogens with two attached hydrogens (primary N) is 2. The fourth-order valence-corrected chi connectivity index (χ4v) is 9.79. The van der Waals surface area contributed by atoms with E-state index in [1.807, 2.05) is 22.6 Å². The molecule has 0 aliphatic carbocycles. The fourth-order valence-electron chi connectivity index (χ4n) is 8.95. The molecule has 10 N–H and O–H groups in total. The van der Waals surface area contributed by atoms with Crippen LogP contribution in [-0.4, -0.2) is 168 Å². The van der Waals surface area contributed by atoms with E-state index in [0.717, 1.165) is 32.1 Å². The molecule has 0 bridgehead atoms. The lowest BCUT2D eigenvalue weighted by atomic mass is 9.94. The summed E-state index contributed by atoms with van der Waals surface area (Å²) in [6.07, 6.45) is 3.50. The number of carbonyl (C=O) groups is 2. The number of halogens is 3. The van der Waals surface area contributed by atoms with Crippen molar-refractivity contribution < 1.29 is 59.2 Å². The largest absolute Gasteiger partial charge is 0.415 e. The average molecular weight is 1210 g/mol. The number of amides is 2. The molecule has 2 aromatic carbocycles. The summed E-state index contributed by atoms with van der Waals surface area (Å²) in [7, 11) is 0. The molecular weight excluding hydrogens is 1160 g/mol. The molecule has 4 aliphatic heterocycles. The molecule has 10 rings (SSSR count). The van der Waals surface area contributed by atoms with E-state index in [9.17, 15) is 35.1 Å². The number of nitrogens with zero attached hydrogens (tertiary/aromatic N) is 10. The zero-order chi connectivity index (χ0) is 54.9. The van der Waals surface area contributed by atoms with Gasteiger partial charge in [-0.3, -0.25) is 9.13 Å². The van der Waals surface area contributed by atoms with Crippen molar-refractivity contribution in [2.75, 3.05) is 50.9 Å². The van der Waals surface area contributed by atoms with Crippen LogP contribution in [-0.2, 0) is 9.47 Å². The second-order valence-corrected chi connectivity index (χ2v) is 20.1. The minimum atomic E-state index is -1.29. The van der Waals surface area contributed by atoms with Crippen molar-refractivity contribution in [2.45, 2.75) is 87.6 Å². The number of terminal acetylenes is 1. The van der Waals surface area contributed by atoms with Gasteiger partial charge in [-0.1, -0.05) is 53.4 Å². The number of carbonyl (C=O) groups excluding carboxylic acids is 2. The van der Waals surface area contributed by atoms with Gasteiger partial charge in [0.25, 0.3) is 0 Å². The number of fused-ring (bicyclic) bond motifs is 2. The highest BCUT2D eigenvalue weighted by Gasteiger charge is 2.45. The lowest BCUT2D eigenvalue weighted by molar-refractivity contribution is -0.0511. The van der Waals surface area contributed by atoms with E-state index >= 15 is 0 Å². The van der Waals surface area contributed by atoms with Crippen LogP contribution in [0.1, 0.15) is 56.8 Å². The number of piperidine rings is 2. The Morgan fingerprint density at radius 1 is 0.675 bits per heavy atom.